The highest BCUT2D eigenvalue weighted by atomic mass is 32.1. The lowest BCUT2D eigenvalue weighted by atomic mass is 10.1. The van der Waals surface area contributed by atoms with Crippen LogP contribution in [0.25, 0.3) is 0 Å². The van der Waals surface area contributed by atoms with Crippen LogP contribution in [-0.2, 0) is 11.3 Å². The second kappa shape index (κ2) is 3.34. The molecule has 0 aliphatic heterocycles. The number of phenolic OH excluding ortho intramolecular Hbond substituents is 1. The topological polar surface area (TPSA) is 37.3 Å². The molecule has 0 amide bonds. The molecule has 1 rings (SSSR count). The van der Waals surface area contributed by atoms with Crippen molar-refractivity contribution in [2.45, 2.75) is 6.92 Å². The van der Waals surface area contributed by atoms with E-state index < -0.39 is 0 Å². The van der Waals surface area contributed by atoms with Crippen molar-refractivity contribution in [3.63, 3.8) is 0 Å². The van der Waals surface area contributed by atoms with Crippen molar-refractivity contribution in [2.75, 3.05) is 0 Å². The summed E-state index contributed by atoms with van der Waals surface area (Å²) in [4.78, 5) is 0. The maximum Gasteiger partial charge on any atom is 0.118 e. The number of benzene rings is 1. The molecular formula is C8H8O2S. The van der Waals surface area contributed by atoms with Crippen molar-refractivity contribution in [2.24, 2.45) is 0 Å². The van der Waals surface area contributed by atoms with Gasteiger partial charge in [0.2, 0.25) is 0 Å². The monoisotopic (exact) mass is 168 g/mol. The molecule has 0 unspecified atom stereocenters. The fraction of sp³-hybridized carbons (Fsp3) is 0.125. The molecule has 0 saturated carbocycles. The molecule has 0 radical (unpaired) electrons. The van der Waals surface area contributed by atoms with Gasteiger partial charge in [0, 0.05) is 5.37 Å². The lowest BCUT2D eigenvalue weighted by Gasteiger charge is -1.97. The van der Waals surface area contributed by atoms with E-state index in [4.69, 9.17) is 5.11 Å². The van der Waals surface area contributed by atoms with Gasteiger partial charge in [-0.3, -0.25) is 0 Å². The van der Waals surface area contributed by atoms with E-state index >= 15 is 0 Å². The van der Waals surface area contributed by atoms with Crippen LogP contribution >= 0.6 is 0 Å². The summed E-state index contributed by atoms with van der Waals surface area (Å²) in [5, 5.41) is 10.6. The molecular weight excluding hydrogens is 160 g/mol. The Balaban J connectivity index is 3.14. The summed E-state index contributed by atoms with van der Waals surface area (Å²) in [6.07, 6.45) is 0. The maximum absolute atomic E-state index is 10.1. The Labute approximate surface area is 68.6 Å². The van der Waals surface area contributed by atoms with E-state index in [0.29, 0.717) is 11.3 Å². The molecule has 58 valence electrons. The Bertz CT molecular complexity index is 314. The van der Waals surface area contributed by atoms with Crippen molar-refractivity contribution in [3.05, 3.63) is 29.3 Å². The van der Waals surface area contributed by atoms with Crippen molar-refractivity contribution >= 4 is 16.6 Å². The average Bonchev–Trinajstić information content (AvgIpc) is 1.98. The molecule has 0 bridgehead atoms. The minimum Gasteiger partial charge on any atom is -0.508 e. The molecule has 0 aliphatic rings. The summed E-state index contributed by atoms with van der Waals surface area (Å²) in [6.45, 7) is 1.79. The highest BCUT2D eigenvalue weighted by Crippen LogP contribution is 2.15. The van der Waals surface area contributed by atoms with E-state index in [-0.39, 0.29) is 5.75 Å². The van der Waals surface area contributed by atoms with Gasteiger partial charge >= 0.3 is 0 Å². The van der Waals surface area contributed by atoms with Gasteiger partial charge in [-0.25, -0.2) is 4.21 Å². The molecule has 0 aliphatic carbocycles. The van der Waals surface area contributed by atoms with Crippen LogP contribution in [0.2, 0.25) is 0 Å². The van der Waals surface area contributed by atoms with Crippen LogP contribution in [0.1, 0.15) is 11.1 Å². The zero-order valence-electron chi connectivity index (χ0n) is 6.07. The highest BCUT2D eigenvalue weighted by molar-refractivity contribution is 7.65. The van der Waals surface area contributed by atoms with E-state index in [2.05, 4.69) is 0 Å². The minimum atomic E-state index is 0.262. The van der Waals surface area contributed by atoms with Gasteiger partial charge in [0.15, 0.2) is 0 Å². The predicted molar refractivity (Wildman–Crippen MR) is 46.2 cm³/mol. The predicted octanol–water partition coefficient (Wildman–Crippen LogP) is 1.06. The number of hydrogen-bond donors (Lipinski definition) is 1. The Morgan fingerprint density at radius 1 is 1.55 bits per heavy atom. The Morgan fingerprint density at radius 2 is 2.27 bits per heavy atom. The first kappa shape index (κ1) is 8.01. The zero-order chi connectivity index (χ0) is 8.27. The van der Waals surface area contributed by atoms with E-state index in [0.717, 1.165) is 11.1 Å². The van der Waals surface area contributed by atoms with E-state index in [1.165, 1.54) is 5.37 Å². The number of phenols is 1. The lowest BCUT2D eigenvalue weighted by molar-refractivity contribution is 0.471. The van der Waals surface area contributed by atoms with E-state index in [1.54, 1.807) is 25.1 Å². The first-order valence-electron chi connectivity index (χ1n) is 3.15. The van der Waals surface area contributed by atoms with Gasteiger partial charge in [0.1, 0.15) is 5.75 Å². The van der Waals surface area contributed by atoms with E-state index in [1.807, 2.05) is 0 Å². The summed E-state index contributed by atoms with van der Waals surface area (Å²) in [7, 11) is 0. The number of hydrogen-bond acceptors (Lipinski definition) is 2. The number of aryl methyl sites for hydroxylation is 1. The lowest BCUT2D eigenvalue weighted by Crippen LogP contribution is -1.81. The molecule has 1 aromatic carbocycles. The third-order valence-corrected chi connectivity index (χ3v) is 1.77. The van der Waals surface area contributed by atoms with Crippen LogP contribution in [0.4, 0.5) is 0 Å². The number of aromatic hydroxyl groups is 1. The average molecular weight is 168 g/mol. The fourth-order valence-corrected chi connectivity index (χ4v) is 1.07. The van der Waals surface area contributed by atoms with Gasteiger partial charge in [0.25, 0.3) is 0 Å². The second-order valence-corrected chi connectivity index (χ2v) is 2.69. The van der Waals surface area contributed by atoms with Crippen LogP contribution in [0.3, 0.4) is 0 Å². The van der Waals surface area contributed by atoms with Gasteiger partial charge < -0.3 is 5.11 Å². The smallest absolute Gasteiger partial charge is 0.118 e. The van der Waals surface area contributed by atoms with Crippen LogP contribution < -0.4 is 0 Å². The third-order valence-electron chi connectivity index (χ3n) is 1.41. The van der Waals surface area contributed by atoms with Crippen molar-refractivity contribution in [1.29, 1.82) is 0 Å². The quantitative estimate of drug-likeness (QED) is 0.637. The van der Waals surface area contributed by atoms with Crippen LogP contribution in [-0.4, -0.2) is 14.7 Å². The second-order valence-electron chi connectivity index (χ2n) is 2.26. The third kappa shape index (κ3) is 1.91. The summed E-state index contributed by atoms with van der Waals surface area (Å²) >= 11 is 0.413. The van der Waals surface area contributed by atoms with Crippen LogP contribution in [0.5, 0.6) is 5.75 Å². The van der Waals surface area contributed by atoms with Gasteiger partial charge in [0.05, 0.1) is 11.3 Å². The first-order chi connectivity index (χ1) is 5.24. The molecule has 0 spiro atoms. The normalized spacial score (nSPS) is 9.18. The molecule has 0 atom stereocenters. The minimum absolute atomic E-state index is 0.262. The van der Waals surface area contributed by atoms with Gasteiger partial charge in [-0.1, -0.05) is 6.07 Å². The number of rotatable bonds is 1. The molecule has 1 N–H and O–H groups in total. The Kier molecular flexibility index (Phi) is 2.44. The molecule has 0 aromatic heterocycles. The summed E-state index contributed by atoms with van der Waals surface area (Å²) in [5.41, 5.74) is 1.62. The Hall–Kier alpha value is -1.09. The van der Waals surface area contributed by atoms with Crippen LogP contribution in [0.15, 0.2) is 18.2 Å². The van der Waals surface area contributed by atoms with Crippen molar-refractivity contribution in [3.8, 4) is 5.75 Å². The SMILES string of the molecule is Cc1cc(C=S=O)ccc1O. The molecule has 1 aromatic rings. The molecule has 0 saturated heterocycles. The standard InChI is InChI=1S/C8H8O2S/c1-6-4-7(5-11-10)2-3-8(6)9/h2-5,9H,1H3. The molecule has 3 heteroatoms. The van der Waals surface area contributed by atoms with Gasteiger partial charge in [-0.15, -0.1) is 0 Å². The fourth-order valence-electron chi connectivity index (χ4n) is 0.808. The Morgan fingerprint density at radius 3 is 2.82 bits per heavy atom. The summed E-state index contributed by atoms with van der Waals surface area (Å²) < 4.78 is 10.1. The van der Waals surface area contributed by atoms with Crippen molar-refractivity contribution in [1.82, 2.24) is 0 Å². The molecule has 0 fully saturated rings. The zero-order valence-corrected chi connectivity index (χ0v) is 6.89. The summed E-state index contributed by atoms with van der Waals surface area (Å²) in [5.74, 6) is 0.262. The maximum atomic E-state index is 10.1. The summed E-state index contributed by atoms with van der Waals surface area (Å²) in [6, 6.07) is 5.05. The van der Waals surface area contributed by atoms with E-state index in [9.17, 15) is 4.21 Å². The molecule has 2 nitrogen and oxygen atoms in total. The molecule has 11 heavy (non-hydrogen) atoms. The largest absolute Gasteiger partial charge is 0.508 e. The van der Waals surface area contributed by atoms with Crippen LogP contribution in [0, 0.1) is 6.92 Å². The van der Waals surface area contributed by atoms with Crippen molar-refractivity contribution < 1.29 is 9.32 Å². The first-order valence-corrected chi connectivity index (χ1v) is 3.96. The van der Waals surface area contributed by atoms with Gasteiger partial charge in [-0.2, -0.15) is 0 Å². The van der Waals surface area contributed by atoms with Gasteiger partial charge in [-0.05, 0) is 30.2 Å². The molecule has 0 heterocycles. The highest BCUT2D eigenvalue weighted by Gasteiger charge is 1.94.